The van der Waals surface area contributed by atoms with Crippen LogP contribution in [-0.2, 0) is 9.59 Å². The topological polar surface area (TPSA) is 87.7 Å². The number of ether oxygens (including phenoxy) is 1. The summed E-state index contributed by atoms with van der Waals surface area (Å²) in [5.41, 5.74) is 0. The zero-order chi connectivity index (χ0) is 16.9. The molecule has 0 bridgehead atoms. The van der Waals surface area contributed by atoms with Gasteiger partial charge in [0, 0.05) is 51.4 Å². The first-order valence-electron chi connectivity index (χ1n) is 8.43. The van der Waals surface area contributed by atoms with Crippen molar-refractivity contribution in [3.8, 4) is 5.88 Å². The van der Waals surface area contributed by atoms with Gasteiger partial charge in [0.2, 0.25) is 23.6 Å². The first-order valence-corrected chi connectivity index (χ1v) is 8.43. The number of anilines is 1. The second kappa shape index (κ2) is 7.46. The largest absolute Gasteiger partial charge is 0.478 e. The van der Waals surface area contributed by atoms with E-state index in [4.69, 9.17) is 4.74 Å². The highest BCUT2D eigenvalue weighted by atomic mass is 16.5. The molecule has 2 fully saturated rings. The Kier molecular flexibility index (Phi) is 5.12. The molecule has 3 rings (SSSR count). The smallest absolute Gasteiger partial charge is 0.228 e. The summed E-state index contributed by atoms with van der Waals surface area (Å²) in [4.78, 5) is 36.4. The monoisotopic (exact) mass is 333 g/mol. The van der Waals surface area contributed by atoms with Gasteiger partial charge in [0.15, 0.2) is 0 Å². The van der Waals surface area contributed by atoms with E-state index in [1.807, 2.05) is 11.8 Å². The fourth-order valence-corrected chi connectivity index (χ4v) is 3.04. The van der Waals surface area contributed by atoms with Gasteiger partial charge in [-0.2, -0.15) is 4.98 Å². The Balaban J connectivity index is 1.54. The molecular weight excluding hydrogens is 310 g/mol. The van der Waals surface area contributed by atoms with E-state index in [0.29, 0.717) is 64.0 Å². The molecule has 0 saturated carbocycles. The van der Waals surface area contributed by atoms with Crippen molar-refractivity contribution in [2.45, 2.75) is 19.8 Å². The molecule has 24 heavy (non-hydrogen) atoms. The van der Waals surface area contributed by atoms with Gasteiger partial charge in [-0.1, -0.05) is 0 Å². The Morgan fingerprint density at radius 3 is 2.83 bits per heavy atom. The third-order valence-corrected chi connectivity index (χ3v) is 4.40. The molecule has 8 heteroatoms. The molecule has 1 atom stereocenters. The first kappa shape index (κ1) is 16.5. The molecule has 2 aliphatic rings. The van der Waals surface area contributed by atoms with Crippen molar-refractivity contribution in [2.24, 2.45) is 5.92 Å². The number of aromatic nitrogens is 2. The number of rotatable bonds is 4. The van der Waals surface area contributed by atoms with Crippen molar-refractivity contribution < 1.29 is 14.3 Å². The molecule has 0 aliphatic carbocycles. The summed E-state index contributed by atoms with van der Waals surface area (Å²) in [6.45, 7) is 5.62. The molecule has 2 saturated heterocycles. The zero-order valence-corrected chi connectivity index (χ0v) is 13.9. The number of carbonyl (C=O) groups is 2. The summed E-state index contributed by atoms with van der Waals surface area (Å²) in [6.07, 6.45) is 2.77. The molecule has 0 radical (unpaired) electrons. The SMILES string of the molecule is CCOc1ccnc(N2CCN(C(=O)[C@H]3CCC(=O)NC3)CC2)n1. The van der Waals surface area contributed by atoms with Gasteiger partial charge in [0.1, 0.15) is 0 Å². The Morgan fingerprint density at radius 1 is 1.38 bits per heavy atom. The van der Waals surface area contributed by atoms with Crippen LogP contribution in [0.1, 0.15) is 19.8 Å². The van der Waals surface area contributed by atoms with Crippen LogP contribution in [0.25, 0.3) is 0 Å². The van der Waals surface area contributed by atoms with Gasteiger partial charge >= 0.3 is 0 Å². The fraction of sp³-hybridized carbons (Fsp3) is 0.625. The zero-order valence-electron chi connectivity index (χ0n) is 13.9. The van der Waals surface area contributed by atoms with E-state index in [0.717, 1.165) is 0 Å². The second-order valence-electron chi connectivity index (χ2n) is 5.98. The third kappa shape index (κ3) is 3.74. The van der Waals surface area contributed by atoms with E-state index in [1.165, 1.54) is 0 Å². The highest BCUT2D eigenvalue weighted by Gasteiger charge is 2.30. The molecule has 3 heterocycles. The van der Waals surface area contributed by atoms with E-state index in [9.17, 15) is 9.59 Å². The highest BCUT2D eigenvalue weighted by Crippen LogP contribution is 2.18. The van der Waals surface area contributed by atoms with E-state index in [1.54, 1.807) is 12.3 Å². The van der Waals surface area contributed by atoms with Crippen molar-refractivity contribution in [1.29, 1.82) is 0 Å². The van der Waals surface area contributed by atoms with Crippen LogP contribution < -0.4 is 15.0 Å². The van der Waals surface area contributed by atoms with Crippen LogP contribution in [-0.4, -0.2) is 66.0 Å². The third-order valence-electron chi connectivity index (χ3n) is 4.40. The summed E-state index contributed by atoms with van der Waals surface area (Å²) < 4.78 is 5.41. The fourth-order valence-electron chi connectivity index (χ4n) is 3.04. The number of piperidine rings is 1. The van der Waals surface area contributed by atoms with Crippen LogP contribution in [0.15, 0.2) is 12.3 Å². The lowest BCUT2D eigenvalue weighted by Crippen LogP contribution is -2.53. The molecule has 2 aliphatic heterocycles. The number of nitrogens with one attached hydrogen (secondary N) is 1. The predicted octanol–water partition coefficient (Wildman–Crippen LogP) is 0.0501. The molecular formula is C16H23N5O3. The average molecular weight is 333 g/mol. The molecule has 0 unspecified atom stereocenters. The lowest BCUT2D eigenvalue weighted by atomic mass is 9.97. The standard InChI is InChI=1S/C16H23N5O3/c1-2-24-14-5-6-17-16(19-14)21-9-7-20(8-10-21)15(23)12-3-4-13(22)18-11-12/h5-6,12H,2-4,7-11H2,1H3,(H,18,22)/t12-/m0/s1. The van der Waals surface area contributed by atoms with Crippen LogP contribution in [0.5, 0.6) is 5.88 Å². The predicted molar refractivity (Wildman–Crippen MR) is 87.7 cm³/mol. The van der Waals surface area contributed by atoms with E-state index in [2.05, 4.69) is 20.2 Å². The Labute approximate surface area is 141 Å². The maximum atomic E-state index is 12.5. The van der Waals surface area contributed by atoms with Gasteiger partial charge in [-0.15, -0.1) is 0 Å². The molecule has 1 N–H and O–H groups in total. The molecule has 130 valence electrons. The summed E-state index contributed by atoms with van der Waals surface area (Å²) in [5.74, 6) is 1.29. The minimum absolute atomic E-state index is 0.0372. The van der Waals surface area contributed by atoms with Crippen LogP contribution in [0.4, 0.5) is 5.95 Å². The van der Waals surface area contributed by atoms with Crippen molar-refractivity contribution in [2.75, 3.05) is 44.2 Å². The number of amides is 2. The van der Waals surface area contributed by atoms with Crippen LogP contribution in [0, 0.1) is 5.92 Å². The molecule has 0 spiro atoms. The van der Waals surface area contributed by atoms with E-state index < -0.39 is 0 Å². The Hall–Kier alpha value is -2.38. The number of carbonyl (C=O) groups excluding carboxylic acids is 2. The van der Waals surface area contributed by atoms with Crippen molar-refractivity contribution in [3.63, 3.8) is 0 Å². The van der Waals surface area contributed by atoms with E-state index in [-0.39, 0.29) is 17.7 Å². The van der Waals surface area contributed by atoms with Crippen LogP contribution in [0.3, 0.4) is 0 Å². The Bertz CT molecular complexity index is 591. The van der Waals surface area contributed by atoms with Crippen LogP contribution in [0.2, 0.25) is 0 Å². The number of nitrogens with zero attached hydrogens (tertiary/aromatic N) is 4. The summed E-state index contributed by atoms with van der Waals surface area (Å²) in [5, 5.41) is 2.77. The van der Waals surface area contributed by atoms with Gasteiger partial charge in [-0.3, -0.25) is 9.59 Å². The van der Waals surface area contributed by atoms with Crippen molar-refractivity contribution in [3.05, 3.63) is 12.3 Å². The molecule has 1 aromatic rings. The van der Waals surface area contributed by atoms with Gasteiger partial charge < -0.3 is 19.9 Å². The second-order valence-corrected chi connectivity index (χ2v) is 5.98. The van der Waals surface area contributed by atoms with E-state index >= 15 is 0 Å². The van der Waals surface area contributed by atoms with Gasteiger partial charge in [-0.25, -0.2) is 4.98 Å². The first-order chi connectivity index (χ1) is 11.7. The number of piperazine rings is 1. The summed E-state index contributed by atoms with van der Waals surface area (Å²) in [7, 11) is 0. The average Bonchev–Trinajstić information content (AvgIpc) is 2.62. The molecule has 0 aromatic carbocycles. The minimum atomic E-state index is -0.0909. The van der Waals surface area contributed by atoms with Crippen molar-refractivity contribution in [1.82, 2.24) is 20.2 Å². The normalized spacial score (nSPS) is 21.4. The minimum Gasteiger partial charge on any atom is -0.478 e. The van der Waals surface area contributed by atoms with Gasteiger partial charge in [-0.05, 0) is 13.3 Å². The maximum absolute atomic E-state index is 12.5. The lowest BCUT2D eigenvalue weighted by Gasteiger charge is -2.37. The Morgan fingerprint density at radius 2 is 2.17 bits per heavy atom. The van der Waals surface area contributed by atoms with Crippen molar-refractivity contribution >= 4 is 17.8 Å². The molecule has 8 nitrogen and oxygen atoms in total. The number of hydrogen-bond donors (Lipinski definition) is 1. The molecule has 2 amide bonds. The highest BCUT2D eigenvalue weighted by molar-refractivity contribution is 5.83. The van der Waals surface area contributed by atoms with Gasteiger partial charge in [0.05, 0.1) is 12.5 Å². The quantitative estimate of drug-likeness (QED) is 0.838. The van der Waals surface area contributed by atoms with Crippen LogP contribution >= 0.6 is 0 Å². The number of hydrogen-bond acceptors (Lipinski definition) is 6. The van der Waals surface area contributed by atoms with Gasteiger partial charge in [0.25, 0.3) is 0 Å². The molecule has 1 aromatic heterocycles. The summed E-state index contributed by atoms with van der Waals surface area (Å²) >= 11 is 0. The summed E-state index contributed by atoms with van der Waals surface area (Å²) in [6, 6.07) is 1.74. The lowest BCUT2D eigenvalue weighted by molar-refractivity contribution is -0.137. The maximum Gasteiger partial charge on any atom is 0.228 e.